The molecule has 0 spiro atoms. The topological polar surface area (TPSA) is 82.0 Å². The van der Waals surface area contributed by atoms with Crippen molar-refractivity contribution in [2.24, 2.45) is 0 Å². The molecule has 1 heterocycles. The number of nitrogen functional groups attached to an aromatic ring is 1. The summed E-state index contributed by atoms with van der Waals surface area (Å²) >= 11 is 0. The maximum absolute atomic E-state index is 12.2. The van der Waals surface area contributed by atoms with Crippen LogP contribution in [0.4, 0.5) is 20.3 Å². The van der Waals surface area contributed by atoms with Crippen LogP contribution >= 0.6 is 0 Å². The smallest absolute Gasteiger partial charge is 0.280 e. The number of aromatic nitrogens is 1. The summed E-state index contributed by atoms with van der Waals surface area (Å²) in [6.45, 7) is 1.36. The van der Waals surface area contributed by atoms with E-state index in [1.807, 2.05) is 0 Å². The molecule has 0 aliphatic heterocycles. The van der Waals surface area contributed by atoms with Crippen LogP contribution in [-0.2, 0) is 0 Å². The van der Waals surface area contributed by atoms with Gasteiger partial charge in [-0.25, -0.2) is 13.8 Å². The Morgan fingerprint density at radius 3 is 2.64 bits per heavy atom. The van der Waals surface area contributed by atoms with Gasteiger partial charge in [0.2, 0.25) is 0 Å². The van der Waals surface area contributed by atoms with Crippen molar-refractivity contribution < 1.29 is 13.7 Å². The van der Waals surface area contributed by atoms with Gasteiger partial charge >= 0.3 is 0 Å². The van der Waals surface area contributed by atoms with E-state index in [9.17, 15) is 18.9 Å². The van der Waals surface area contributed by atoms with Gasteiger partial charge in [0.25, 0.3) is 12.1 Å². The molecule has 7 heteroatoms. The zero-order chi connectivity index (χ0) is 10.9. The van der Waals surface area contributed by atoms with Crippen molar-refractivity contribution in [2.45, 2.75) is 13.3 Å². The van der Waals surface area contributed by atoms with E-state index in [-0.39, 0.29) is 11.4 Å². The first-order valence-electron chi connectivity index (χ1n) is 3.63. The Hall–Kier alpha value is -1.79. The minimum absolute atomic E-state index is 0.0967. The van der Waals surface area contributed by atoms with Gasteiger partial charge in [-0.15, -0.1) is 0 Å². The second kappa shape index (κ2) is 3.52. The fraction of sp³-hybridized carbons (Fsp3) is 0.286. The molecule has 0 aliphatic rings. The van der Waals surface area contributed by atoms with Crippen LogP contribution in [-0.4, -0.2) is 9.91 Å². The fourth-order valence-corrected chi connectivity index (χ4v) is 0.936. The number of nitro groups is 1. The lowest BCUT2D eigenvalue weighted by molar-refractivity contribution is -0.385. The van der Waals surface area contributed by atoms with E-state index in [1.165, 1.54) is 6.92 Å². The van der Waals surface area contributed by atoms with Gasteiger partial charge in [-0.1, -0.05) is 0 Å². The van der Waals surface area contributed by atoms with Crippen LogP contribution in [0.15, 0.2) is 6.07 Å². The summed E-state index contributed by atoms with van der Waals surface area (Å²) in [7, 11) is 0. The molecule has 0 amide bonds. The number of nitrogens with two attached hydrogens (primary N) is 1. The first-order chi connectivity index (χ1) is 6.43. The Kier molecular flexibility index (Phi) is 2.59. The van der Waals surface area contributed by atoms with Gasteiger partial charge in [0.15, 0.2) is 0 Å². The van der Waals surface area contributed by atoms with Crippen LogP contribution in [0.2, 0.25) is 0 Å². The Morgan fingerprint density at radius 1 is 1.64 bits per heavy atom. The van der Waals surface area contributed by atoms with E-state index in [4.69, 9.17) is 5.73 Å². The third-order valence-electron chi connectivity index (χ3n) is 1.72. The Labute approximate surface area is 77.7 Å². The first-order valence-corrected chi connectivity index (χ1v) is 3.63. The molecule has 0 radical (unpaired) electrons. The zero-order valence-electron chi connectivity index (χ0n) is 7.20. The van der Waals surface area contributed by atoms with Crippen LogP contribution in [0.25, 0.3) is 0 Å². The van der Waals surface area contributed by atoms with E-state index in [1.54, 1.807) is 0 Å². The average Bonchev–Trinajstić information content (AvgIpc) is 2.08. The monoisotopic (exact) mass is 203 g/mol. The van der Waals surface area contributed by atoms with Crippen molar-refractivity contribution in [1.82, 2.24) is 4.98 Å². The van der Waals surface area contributed by atoms with E-state index in [0.29, 0.717) is 0 Å². The van der Waals surface area contributed by atoms with E-state index < -0.39 is 22.7 Å². The summed E-state index contributed by atoms with van der Waals surface area (Å²) in [4.78, 5) is 13.0. The van der Waals surface area contributed by atoms with Gasteiger partial charge in [-0.2, -0.15) is 0 Å². The molecular formula is C7H7F2N3O2. The van der Waals surface area contributed by atoms with E-state index in [0.717, 1.165) is 6.07 Å². The summed E-state index contributed by atoms with van der Waals surface area (Å²) in [6.07, 6.45) is -2.86. The highest BCUT2D eigenvalue weighted by Crippen LogP contribution is 2.27. The second-order valence-corrected chi connectivity index (χ2v) is 2.63. The average molecular weight is 203 g/mol. The summed E-state index contributed by atoms with van der Waals surface area (Å²) in [6, 6.07) is 0.732. The van der Waals surface area contributed by atoms with E-state index in [2.05, 4.69) is 4.98 Å². The Morgan fingerprint density at radius 2 is 2.21 bits per heavy atom. The molecule has 1 aromatic heterocycles. The molecule has 5 nitrogen and oxygen atoms in total. The highest BCUT2D eigenvalue weighted by atomic mass is 19.3. The van der Waals surface area contributed by atoms with Gasteiger partial charge in [-0.05, 0) is 6.92 Å². The van der Waals surface area contributed by atoms with E-state index >= 15 is 0 Å². The molecule has 0 saturated carbocycles. The molecule has 0 atom stereocenters. The summed E-state index contributed by atoms with van der Waals surface area (Å²) in [5.74, 6) is -0.241. The molecular weight excluding hydrogens is 196 g/mol. The van der Waals surface area contributed by atoms with Crippen LogP contribution in [0.3, 0.4) is 0 Å². The van der Waals surface area contributed by atoms with Crippen molar-refractivity contribution in [3.63, 3.8) is 0 Å². The SMILES string of the molecule is Cc1c([N+](=O)[O-])cc(C(F)F)nc1N. The third-order valence-corrected chi connectivity index (χ3v) is 1.72. The second-order valence-electron chi connectivity index (χ2n) is 2.63. The number of hydrogen-bond acceptors (Lipinski definition) is 4. The molecule has 0 unspecified atom stereocenters. The molecule has 0 saturated heterocycles. The van der Waals surface area contributed by atoms with Gasteiger partial charge in [0.05, 0.1) is 10.5 Å². The predicted molar refractivity (Wildman–Crippen MR) is 45.0 cm³/mol. The third kappa shape index (κ3) is 1.76. The number of nitrogens with zero attached hydrogens (tertiary/aromatic N) is 2. The molecule has 2 N–H and O–H groups in total. The standard InChI is InChI=1S/C7H7F2N3O2/c1-3-5(12(13)14)2-4(6(8)9)11-7(3)10/h2,6H,1H3,(H2,10,11). The number of hydrogen-bond donors (Lipinski definition) is 1. The van der Waals surface area contributed by atoms with Crippen LogP contribution < -0.4 is 5.73 Å². The van der Waals surface area contributed by atoms with Crippen molar-refractivity contribution in [3.8, 4) is 0 Å². The number of halogens is 2. The quantitative estimate of drug-likeness (QED) is 0.587. The van der Waals surface area contributed by atoms with Crippen molar-refractivity contribution >= 4 is 11.5 Å². The Balaban J connectivity index is 3.35. The van der Waals surface area contributed by atoms with Gasteiger partial charge in [0.1, 0.15) is 11.5 Å². The number of rotatable bonds is 2. The molecule has 1 rings (SSSR count). The van der Waals surface area contributed by atoms with Gasteiger partial charge < -0.3 is 5.73 Å². The molecule has 0 bridgehead atoms. The summed E-state index contributed by atoms with van der Waals surface area (Å²) in [5.41, 5.74) is 4.23. The molecule has 1 aromatic rings. The van der Waals surface area contributed by atoms with Crippen LogP contribution in [0.5, 0.6) is 0 Å². The minimum Gasteiger partial charge on any atom is -0.383 e. The molecule has 14 heavy (non-hydrogen) atoms. The van der Waals surface area contributed by atoms with Gasteiger partial charge in [-0.3, -0.25) is 10.1 Å². The fourth-order valence-electron chi connectivity index (χ4n) is 0.936. The zero-order valence-corrected chi connectivity index (χ0v) is 7.20. The summed E-state index contributed by atoms with van der Waals surface area (Å²) < 4.78 is 24.4. The minimum atomic E-state index is -2.86. The number of anilines is 1. The molecule has 76 valence electrons. The maximum atomic E-state index is 12.2. The van der Waals surface area contributed by atoms with Crippen molar-refractivity contribution in [1.29, 1.82) is 0 Å². The van der Waals surface area contributed by atoms with Crippen molar-refractivity contribution in [2.75, 3.05) is 5.73 Å². The van der Waals surface area contributed by atoms with Crippen molar-refractivity contribution in [3.05, 3.63) is 27.4 Å². The lowest BCUT2D eigenvalue weighted by Crippen LogP contribution is -2.03. The van der Waals surface area contributed by atoms with Gasteiger partial charge in [0, 0.05) is 6.07 Å². The molecule has 0 aliphatic carbocycles. The highest BCUT2D eigenvalue weighted by molar-refractivity contribution is 5.53. The summed E-state index contributed by atoms with van der Waals surface area (Å²) in [5, 5.41) is 10.4. The number of alkyl halides is 2. The van der Waals surface area contributed by atoms with Crippen LogP contribution in [0.1, 0.15) is 17.7 Å². The maximum Gasteiger partial charge on any atom is 0.280 e. The normalized spacial score (nSPS) is 10.6. The largest absolute Gasteiger partial charge is 0.383 e. The lowest BCUT2D eigenvalue weighted by atomic mass is 10.2. The highest BCUT2D eigenvalue weighted by Gasteiger charge is 2.20. The Bertz CT molecular complexity index is 381. The molecule has 0 aromatic carbocycles. The number of pyridine rings is 1. The van der Waals surface area contributed by atoms with Crippen LogP contribution in [0, 0.1) is 17.0 Å². The predicted octanol–water partition coefficient (Wildman–Crippen LogP) is 1.82. The lowest BCUT2D eigenvalue weighted by Gasteiger charge is -2.04. The first kappa shape index (κ1) is 10.3. The molecule has 0 fully saturated rings.